The van der Waals surface area contributed by atoms with Crippen molar-refractivity contribution in [3.05, 3.63) is 28.7 Å². The highest BCUT2D eigenvalue weighted by Gasteiger charge is 2.25. The summed E-state index contributed by atoms with van der Waals surface area (Å²) in [5.74, 6) is -0.902. The number of benzene rings is 1. The fourth-order valence-electron chi connectivity index (χ4n) is 2.44. The number of rotatable bonds is 5. The lowest BCUT2D eigenvalue weighted by atomic mass is 10.2. The summed E-state index contributed by atoms with van der Waals surface area (Å²) >= 11 is 3.46. The molecule has 2 amide bonds. The molecule has 0 aromatic heterocycles. The Balaban J connectivity index is 1.83. The maximum Gasteiger partial charge on any atom is 0.317 e. The normalized spacial score (nSPS) is 17.4. The lowest BCUT2D eigenvalue weighted by molar-refractivity contribution is -0.137. The van der Waals surface area contributed by atoms with Gasteiger partial charge < -0.3 is 20.2 Å². The first-order chi connectivity index (χ1) is 10.5. The number of nitrogens with one attached hydrogen (secondary N) is 1. The fourth-order valence-corrected chi connectivity index (χ4v) is 2.82. The average Bonchev–Trinajstić information content (AvgIpc) is 2.93. The van der Waals surface area contributed by atoms with Crippen LogP contribution in [0.4, 0.5) is 10.5 Å². The molecule has 1 unspecified atom stereocenters. The van der Waals surface area contributed by atoms with E-state index in [0.29, 0.717) is 0 Å². The second-order valence-electron chi connectivity index (χ2n) is 5.43. The van der Waals surface area contributed by atoms with E-state index in [1.54, 1.807) is 7.05 Å². The number of hydrogen-bond donors (Lipinski definition) is 2. The second-order valence-corrected chi connectivity index (χ2v) is 6.34. The Hall–Kier alpha value is -1.76. The monoisotopic (exact) mass is 369 g/mol. The van der Waals surface area contributed by atoms with Crippen molar-refractivity contribution in [1.29, 1.82) is 0 Å². The molecule has 1 fully saturated rings. The molecule has 1 aliphatic rings. The molecule has 1 heterocycles. The predicted octanol–water partition coefficient (Wildman–Crippen LogP) is 2.14. The summed E-state index contributed by atoms with van der Waals surface area (Å²) in [4.78, 5) is 26.2. The van der Waals surface area contributed by atoms with Gasteiger partial charge in [0.15, 0.2) is 0 Å². The van der Waals surface area contributed by atoms with Crippen molar-refractivity contribution in [1.82, 2.24) is 10.2 Å². The number of carbonyl (C=O) groups excluding carboxylic acids is 1. The maximum absolute atomic E-state index is 12.0. The topological polar surface area (TPSA) is 72.9 Å². The SMILES string of the molecule is CN(CCC(=O)O)C(=O)NC1CCN(c2cccc(Br)c2)C1. The zero-order chi connectivity index (χ0) is 16.1. The number of carboxylic acid groups (broad SMARTS) is 1. The highest BCUT2D eigenvalue weighted by Crippen LogP contribution is 2.23. The van der Waals surface area contributed by atoms with Gasteiger partial charge in [-0.15, -0.1) is 0 Å². The van der Waals surface area contributed by atoms with E-state index in [0.717, 1.165) is 29.7 Å². The van der Waals surface area contributed by atoms with Crippen LogP contribution in [0.1, 0.15) is 12.8 Å². The highest BCUT2D eigenvalue weighted by atomic mass is 79.9. The molecule has 2 N–H and O–H groups in total. The fraction of sp³-hybridized carbons (Fsp3) is 0.467. The summed E-state index contributed by atoms with van der Waals surface area (Å²) in [6.45, 7) is 1.86. The Morgan fingerprint density at radius 1 is 1.50 bits per heavy atom. The first-order valence-corrected chi connectivity index (χ1v) is 7.99. The van der Waals surface area contributed by atoms with Crippen molar-refractivity contribution in [2.75, 3.05) is 31.6 Å². The van der Waals surface area contributed by atoms with Gasteiger partial charge in [-0.3, -0.25) is 4.79 Å². The number of carboxylic acids is 1. The van der Waals surface area contributed by atoms with Gasteiger partial charge in [-0.1, -0.05) is 22.0 Å². The first kappa shape index (κ1) is 16.6. The molecule has 0 saturated carbocycles. The third kappa shape index (κ3) is 4.62. The van der Waals surface area contributed by atoms with Crippen LogP contribution in [0.15, 0.2) is 28.7 Å². The number of amides is 2. The molecule has 1 aromatic carbocycles. The van der Waals surface area contributed by atoms with Gasteiger partial charge in [-0.2, -0.15) is 0 Å². The Labute approximate surface area is 138 Å². The van der Waals surface area contributed by atoms with E-state index in [-0.39, 0.29) is 25.0 Å². The molecule has 120 valence electrons. The van der Waals surface area contributed by atoms with Crippen LogP contribution in [0.5, 0.6) is 0 Å². The minimum absolute atomic E-state index is 0.0429. The Morgan fingerprint density at radius 2 is 2.27 bits per heavy atom. The number of urea groups is 1. The summed E-state index contributed by atoms with van der Waals surface area (Å²) in [6.07, 6.45) is 0.837. The van der Waals surface area contributed by atoms with Crippen LogP contribution in [-0.4, -0.2) is 54.7 Å². The summed E-state index contributed by atoms with van der Waals surface area (Å²) < 4.78 is 1.03. The van der Waals surface area contributed by atoms with Crippen LogP contribution >= 0.6 is 15.9 Å². The van der Waals surface area contributed by atoms with Crippen molar-refractivity contribution in [3.63, 3.8) is 0 Å². The Morgan fingerprint density at radius 3 is 2.95 bits per heavy atom. The number of halogens is 1. The van der Waals surface area contributed by atoms with Crippen LogP contribution in [0.25, 0.3) is 0 Å². The molecular weight excluding hydrogens is 350 g/mol. The van der Waals surface area contributed by atoms with E-state index in [9.17, 15) is 9.59 Å². The minimum atomic E-state index is -0.902. The molecule has 2 rings (SSSR count). The molecule has 7 heteroatoms. The molecule has 1 aromatic rings. The van der Waals surface area contributed by atoms with E-state index in [1.807, 2.05) is 18.2 Å². The molecule has 1 aliphatic heterocycles. The summed E-state index contributed by atoms with van der Waals surface area (Å²) in [5, 5.41) is 11.6. The summed E-state index contributed by atoms with van der Waals surface area (Å²) in [6, 6.07) is 7.94. The molecule has 0 spiro atoms. The van der Waals surface area contributed by atoms with E-state index in [2.05, 4.69) is 32.2 Å². The third-order valence-electron chi connectivity index (χ3n) is 3.70. The number of hydrogen-bond acceptors (Lipinski definition) is 3. The molecule has 0 radical (unpaired) electrons. The summed E-state index contributed by atoms with van der Waals surface area (Å²) in [7, 11) is 1.61. The largest absolute Gasteiger partial charge is 0.481 e. The van der Waals surface area contributed by atoms with E-state index >= 15 is 0 Å². The van der Waals surface area contributed by atoms with Crippen LogP contribution in [0.2, 0.25) is 0 Å². The zero-order valence-corrected chi connectivity index (χ0v) is 14.0. The number of carbonyl (C=O) groups is 2. The quantitative estimate of drug-likeness (QED) is 0.833. The van der Waals surface area contributed by atoms with Gasteiger partial charge in [0.05, 0.1) is 6.42 Å². The average molecular weight is 370 g/mol. The van der Waals surface area contributed by atoms with Crippen molar-refractivity contribution < 1.29 is 14.7 Å². The standard InChI is InChI=1S/C15H20BrN3O3/c1-18(7-6-14(20)21)15(22)17-12-5-8-19(10-12)13-4-2-3-11(16)9-13/h2-4,9,12H,5-8,10H2,1H3,(H,17,22)(H,20,21). The van der Waals surface area contributed by atoms with Gasteiger partial charge in [0, 0.05) is 42.9 Å². The number of aliphatic carboxylic acids is 1. The van der Waals surface area contributed by atoms with Crippen LogP contribution in [0, 0.1) is 0 Å². The molecule has 1 atom stereocenters. The molecule has 1 saturated heterocycles. The van der Waals surface area contributed by atoms with Gasteiger partial charge in [-0.05, 0) is 24.6 Å². The van der Waals surface area contributed by atoms with Crippen molar-refractivity contribution in [2.24, 2.45) is 0 Å². The lowest BCUT2D eigenvalue weighted by Crippen LogP contribution is -2.44. The second kappa shape index (κ2) is 7.49. The van der Waals surface area contributed by atoms with Gasteiger partial charge in [-0.25, -0.2) is 4.79 Å². The lowest BCUT2D eigenvalue weighted by Gasteiger charge is -2.22. The van der Waals surface area contributed by atoms with Gasteiger partial charge >= 0.3 is 12.0 Å². The zero-order valence-electron chi connectivity index (χ0n) is 12.5. The molecule has 0 bridgehead atoms. The Bertz CT molecular complexity index is 553. The molecule has 22 heavy (non-hydrogen) atoms. The number of anilines is 1. The van der Waals surface area contributed by atoms with Crippen molar-refractivity contribution >= 4 is 33.6 Å². The first-order valence-electron chi connectivity index (χ1n) is 7.19. The van der Waals surface area contributed by atoms with Gasteiger partial charge in [0.25, 0.3) is 0 Å². The van der Waals surface area contributed by atoms with Gasteiger partial charge in [0.2, 0.25) is 0 Å². The smallest absolute Gasteiger partial charge is 0.317 e. The number of nitrogens with zero attached hydrogens (tertiary/aromatic N) is 2. The summed E-state index contributed by atoms with van der Waals surface area (Å²) in [5.41, 5.74) is 1.13. The Kier molecular flexibility index (Phi) is 5.65. The van der Waals surface area contributed by atoms with Crippen LogP contribution in [-0.2, 0) is 4.79 Å². The van der Waals surface area contributed by atoms with Crippen LogP contribution in [0.3, 0.4) is 0 Å². The van der Waals surface area contributed by atoms with Crippen LogP contribution < -0.4 is 10.2 Å². The van der Waals surface area contributed by atoms with E-state index < -0.39 is 5.97 Å². The minimum Gasteiger partial charge on any atom is -0.481 e. The maximum atomic E-state index is 12.0. The van der Waals surface area contributed by atoms with Gasteiger partial charge in [0.1, 0.15) is 0 Å². The molecule has 0 aliphatic carbocycles. The van der Waals surface area contributed by atoms with Crippen molar-refractivity contribution in [2.45, 2.75) is 18.9 Å². The van der Waals surface area contributed by atoms with E-state index in [4.69, 9.17) is 5.11 Å². The molecular formula is C15H20BrN3O3. The highest BCUT2D eigenvalue weighted by molar-refractivity contribution is 9.10. The predicted molar refractivity (Wildman–Crippen MR) is 88.2 cm³/mol. The third-order valence-corrected chi connectivity index (χ3v) is 4.19. The van der Waals surface area contributed by atoms with E-state index in [1.165, 1.54) is 4.90 Å². The van der Waals surface area contributed by atoms with Crippen molar-refractivity contribution in [3.8, 4) is 0 Å². The molecule has 6 nitrogen and oxygen atoms in total.